The third-order valence-corrected chi connectivity index (χ3v) is 4.22. The van der Waals surface area contributed by atoms with Crippen LogP contribution in [-0.4, -0.2) is 18.5 Å². The first-order valence-corrected chi connectivity index (χ1v) is 7.26. The van der Waals surface area contributed by atoms with Gasteiger partial charge in [-0.05, 0) is 37.3 Å². The third kappa shape index (κ3) is 3.30. The molecule has 2 atom stereocenters. The zero-order valence-electron chi connectivity index (χ0n) is 10.2. The number of carbonyl (C=O) groups excluding carboxylic acids is 1. The average molecular weight is 252 g/mol. The van der Waals surface area contributed by atoms with Crippen molar-refractivity contribution >= 4 is 17.2 Å². The molecule has 1 fully saturated rings. The van der Waals surface area contributed by atoms with E-state index < -0.39 is 0 Å². The molecule has 1 amide bonds. The Morgan fingerprint density at radius 3 is 3.12 bits per heavy atom. The van der Waals surface area contributed by atoms with E-state index in [1.54, 1.807) is 11.3 Å². The molecule has 4 heteroatoms. The van der Waals surface area contributed by atoms with Crippen molar-refractivity contribution in [3.8, 4) is 0 Å². The predicted octanol–water partition coefficient (Wildman–Crippen LogP) is 2.46. The first-order valence-electron chi connectivity index (χ1n) is 6.38. The summed E-state index contributed by atoms with van der Waals surface area (Å²) in [6, 6.07) is 4.31. The van der Waals surface area contributed by atoms with Gasteiger partial charge in [0.15, 0.2) is 0 Å². The zero-order chi connectivity index (χ0) is 12.1. The van der Waals surface area contributed by atoms with E-state index in [2.05, 4.69) is 29.0 Å². The zero-order valence-corrected chi connectivity index (χ0v) is 11.1. The van der Waals surface area contributed by atoms with Gasteiger partial charge < -0.3 is 10.6 Å². The number of amides is 1. The summed E-state index contributed by atoms with van der Waals surface area (Å²) < 4.78 is 0. The summed E-state index contributed by atoms with van der Waals surface area (Å²) in [7, 11) is 0. The van der Waals surface area contributed by atoms with Gasteiger partial charge >= 0.3 is 0 Å². The number of nitrogens with one attached hydrogen (secondary N) is 2. The first-order chi connectivity index (χ1) is 8.31. The van der Waals surface area contributed by atoms with Crippen molar-refractivity contribution in [3.05, 3.63) is 22.4 Å². The number of piperidine rings is 1. The van der Waals surface area contributed by atoms with Crippen LogP contribution in [0.2, 0.25) is 0 Å². The maximum absolute atomic E-state index is 12.1. The minimum absolute atomic E-state index is 0.0118. The van der Waals surface area contributed by atoms with Gasteiger partial charge in [0, 0.05) is 4.88 Å². The summed E-state index contributed by atoms with van der Waals surface area (Å²) in [5.74, 6) is 0.157. The highest BCUT2D eigenvalue weighted by molar-refractivity contribution is 7.10. The summed E-state index contributed by atoms with van der Waals surface area (Å²) in [6.45, 7) is 3.08. The molecule has 94 valence electrons. The van der Waals surface area contributed by atoms with Gasteiger partial charge in [-0.15, -0.1) is 11.3 Å². The Hall–Kier alpha value is -0.870. The Morgan fingerprint density at radius 1 is 1.65 bits per heavy atom. The predicted molar refractivity (Wildman–Crippen MR) is 71.1 cm³/mol. The highest BCUT2D eigenvalue weighted by Gasteiger charge is 2.23. The quantitative estimate of drug-likeness (QED) is 0.864. The second kappa shape index (κ2) is 6.17. The van der Waals surface area contributed by atoms with E-state index in [1.165, 1.54) is 11.3 Å². The van der Waals surface area contributed by atoms with Gasteiger partial charge in [0.1, 0.15) is 0 Å². The normalized spacial score (nSPS) is 22.1. The SMILES string of the molecule is CCC(NC(=O)C1CCCCN1)c1cccs1. The lowest BCUT2D eigenvalue weighted by atomic mass is 10.0. The van der Waals surface area contributed by atoms with E-state index >= 15 is 0 Å². The standard InChI is InChI=1S/C13H20N2OS/c1-2-10(12-7-5-9-17-12)15-13(16)11-6-3-4-8-14-11/h5,7,9-11,14H,2-4,6,8H2,1H3,(H,15,16). The van der Waals surface area contributed by atoms with E-state index in [1.807, 2.05) is 6.07 Å². The molecule has 0 aliphatic carbocycles. The molecule has 2 unspecified atom stereocenters. The van der Waals surface area contributed by atoms with Gasteiger partial charge in [0.05, 0.1) is 12.1 Å². The molecule has 0 saturated carbocycles. The van der Waals surface area contributed by atoms with Crippen LogP contribution in [-0.2, 0) is 4.79 Å². The molecule has 0 spiro atoms. The first kappa shape index (κ1) is 12.6. The fraction of sp³-hybridized carbons (Fsp3) is 0.615. The van der Waals surface area contributed by atoms with Crippen molar-refractivity contribution in [3.63, 3.8) is 0 Å². The molecule has 0 aromatic carbocycles. The Kier molecular flexibility index (Phi) is 4.57. The van der Waals surface area contributed by atoms with Crippen LogP contribution in [0, 0.1) is 0 Å². The van der Waals surface area contributed by atoms with Gasteiger partial charge in [-0.3, -0.25) is 4.79 Å². The highest BCUT2D eigenvalue weighted by Crippen LogP contribution is 2.22. The Labute approximate surface area is 107 Å². The number of thiophene rings is 1. The van der Waals surface area contributed by atoms with E-state index in [9.17, 15) is 4.79 Å². The molecule has 1 aliphatic rings. The fourth-order valence-electron chi connectivity index (χ4n) is 2.21. The summed E-state index contributed by atoms with van der Waals surface area (Å²) >= 11 is 1.71. The van der Waals surface area contributed by atoms with Crippen molar-refractivity contribution in [2.24, 2.45) is 0 Å². The van der Waals surface area contributed by atoms with Crippen molar-refractivity contribution in [1.82, 2.24) is 10.6 Å². The lowest BCUT2D eigenvalue weighted by Gasteiger charge is -2.25. The molecular weight excluding hydrogens is 232 g/mol. The van der Waals surface area contributed by atoms with Gasteiger partial charge in [0.25, 0.3) is 0 Å². The number of hydrogen-bond donors (Lipinski definition) is 2. The van der Waals surface area contributed by atoms with Crippen LogP contribution in [0.5, 0.6) is 0 Å². The van der Waals surface area contributed by atoms with Crippen LogP contribution in [0.25, 0.3) is 0 Å². The lowest BCUT2D eigenvalue weighted by molar-refractivity contribution is -0.124. The molecule has 0 bridgehead atoms. The molecule has 1 saturated heterocycles. The monoisotopic (exact) mass is 252 g/mol. The molecule has 2 heterocycles. The van der Waals surface area contributed by atoms with Crippen LogP contribution in [0.1, 0.15) is 43.5 Å². The Balaban J connectivity index is 1.92. The van der Waals surface area contributed by atoms with Crippen LogP contribution in [0.15, 0.2) is 17.5 Å². The van der Waals surface area contributed by atoms with E-state index in [-0.39, 0.29) is 18.0 Å². The highest BCUT2D eigenvalue weighted by atomic mass is 32.1. The molecule has 1 aromatic heterocycles. The molecule has 1 aliphatic heterocycles. The smallest absolute Gasteiger partial charge is 0.237 e. The summed E-state index contributed by atoms with van der Waals surface area (Å²) in [6.07, 6.45) is 4.25. The molecular formula is C13H20N2OS. The molecule has 1 aromatic rings. The maximum atomic E-state index is 12.1. The van der Waals surface area contributed by atoms with Gasteiger partial charge in [0.2, 0.25) is 5.91 Å². The van der Waals surface area contributed by atoms with Crippen molar-refractivity contribution in [2.75, 3.05) is 6.54 Å². The van der Waals surface area contributed by atoms with Crippen molar-refractivity contribution < 1.29 is 4.79 Å². The molecule has 2 rings (SSSR count). The summed E-state index contributed by atoms with van der Waals surface area (Å²) in [4.78, 5) is 13.3. The molecule has 3 nitrogen and oxygen atoms in total. The average Bonchev–Trinajstić information content (AvgIpc) is 2.90. The second-order valence-corrected chi connectivity index (χ2v) is 5.47. The van der Waals surface area contributed by atoms with Crippen molar-refractivity contribution in [2.45, 2.75) is 44.7 Å². The van der Waals surface area contributed by atoms with Crippen molar-refractivity contribution in [1.29, 1.82) is 0 Å². The Morgan fingerprint density at radius 2 is 2.53 bits per heavy atom. The van der Waals surface area contributed by atoms with E-state index in [0.29, 0.717) is 0 Å². The van der Waals surface area contributed by atoms with Gasteiger partial charge in [-0.2, -0.15) is 0 Å². The lowest BCUT2D eigenvalue weighted by Crippen LogP contribution is -2.47. The Bertz CT molecular complexity index is 344. The number of hydrogen-bond acceptors (Lipinski definition) is 3. The minimum atomic E-state index is 0.0118. The van der Waals surface area contributed by atoms with E-state index in [4.69, 9.17) is 0 Å². The molecule has 17 heavy (non-hydrogen) atoms. The largest absolute Gasteiger partial charge is 0.347 e. The van der Waals surface area contributed by atoms with Gasteiger partial charge in [-0.25, -0.2) is 0 Å². The van der Waals surface area contributed by atoms with Gasteiger partial charge in [-0.1, -0.05) is 19.4 Å². The van der Waals surface area contributed by atoms with Crippen LogP contribution in [0.3, 0.4) is 0 Å². The van der Waals surface area contributed by atoms with Crippen LogP contribution >= 0.6 is 11.3 Å². The second-order valence-electron chi connectivity index (χ2n) is 4.49. The van der Waals surface area contributed by atoms with Crippen LogP contribution < -0.4 is 10.6 Å². The van der Waals surface area contributed by atoms with Crippen LogP contribution in [0.4, 0.5) is 0 Å². The minimum Gasteiger partial charge on any atom is -0.347 e. The summed E-state index contributed by atoms with van der Waals surface area (Å²) in [5.41, 5.74) is 0. The molecule has 0 radical (unpaired) electrons. The van der Waals surface area contributed by atoms with E-state index in [0.717, 1.165) is 25.8 Å². The molecule has 2 N–H and O–H groups in total. The third-order valence-electron chi connectivity index (χ3n) is 3.24. The maximum Gasteiger partial charge on any atom is 0.237 e. The fourth-order valence-corrected chi connectivity index (χ4v) is 3.07. The topological polar surface area (TPSA) is 41.1 Å². The summed E-state index contributed by atoms with van der Waals surface area (Å²) in [5, 5.41) is 8.49. The number of rotatable bonds is 4. The number of carbonyl (C=O) groups is 1.